The molecule has 0 aliphatic heterocycles. The lowest BCUT2D eigenvalue weighted by Crippen LogP contribution is -2.22. The Balaban J connectivity index is 2.25. The molecule has 5 heteroatoms. The largest absolute Gasteiger partial charge is 0.327 e. The van der Waals surface area contributed by atoms with Gasteiger partial charge in [-0.25, -0.2) is 0 Å². The predicted molar refractivity (Wildman–Crippen MR) is 74.4 cm³/mol. The topological polar surface area (TPSA) is 56.7 Å². The number of hydrogen-bond donors (Lipinski definition) is 1. The van der Waals surface area contributed by atoms with Gasteiger partial charge in [-0.2, -0.15) is 0 Å². The van der Waals surface area contributed by atoms with Crippen LogP contribution in [0.15, 0.2) is 35.5 Å². The first kappa shape index (κ1) is 13.1. The summed E-state index contributed by atoms with van der Waals surface area (Å²) >= 11 is 1.66. The molecule has 1 heterocycles. The van der Waals surface area contributed by atoms with Crippen molar-refractivity contribution in [3.8, 4) is 0 Å². The first-order valence-electron chi connectivity index (χ1n) is 5.92. The van der Waals surface area contributed by atoms with Gasteiger partial charge in [0.15, 0.2) is 5.16 Å². The smallest absolute Gasteiger partial charge is 0.191 e. The average molecular weight is 262 g/mol. The Hall–Kier alpha value is -1.33. The lowest BCUT2D eigenvalue weighted by Gasteiger charge is -2.20. The molecule has 96 valence electrons. The lowest BCUT2D eigenvalue weighted by atomic mass is 10.1. The van der Waals surface area contributed by atoms with Crippen molar-refractivity contribution in [2.75, 3.05) is 0 Å². The van der Waals surface area contributed by atoms with E-state index in [2.05, 4.69) is 22.3 Å². The Kier molecular flexibility index (Phi) is 4.04. The summed E-state index contributed by atoms with van der Waals surface area (Å²) in [6.07, 6.45) is 0. The number of nitrogens with two attached hydrogens (primary N) is 1. The molecule has 0 aliphatic rings. The van der Waals surface area contributed by atoms with Crippen molar-refractivity contribution in [2.24, 2.45) is 12.8 Å². The van der Waals surface area contributed by atoms with Crippen molar-refractivity contribution in [1.82, 2.24) is 14.8 Å². The van der Waals surface area contributed by atoms with E-state index in [-0.39, 0.29) is 11.3 Å². The Bertz CT molecular complexity index is 507. The molecule has 0 fully saturated rings. The summed E-state index contributed by atoms with van der Waals surface area (Å²) in [5, 5.41) is 9.35. The summed E-state index contributed by atoms with van der Waals surface area (Å²) in [5.74, 6) is 0.911. The van der Waals surface area contributed by atoms with Crippen molar-refractivity contribution in [1.29, 1.82) is 0 Å². The number of benzene rings is 1. The fraction of sp³-hybridized carbons (Fsp3) is 0.385. The molecular weight excluding hydrogens is 244 g/mol. The monoisotopic (exact) mass is 262 g/mol. The van der Waals surface area contributed by atoms with E-state index in [9.17, 15) is 0 Å². The third-order valence-electron chi connectivity index (χ3n) is 2.89. The van der Waals surface area contributed by atoms with Gasteiger partial charge < -0.3 is 10.3 Å². The van der Waals surface area contributed by atoms with E-state index in [1.165, 1.54) is 5.56 Å². The van der Waals surface area contributed by atoms with E-state index >= 15 is 0 Å². The molecule has 2 atom stereocenters. The predicted octanol–water partition coefficient (Wildman–Crippen LogP) is 2.30. The SMILES string of the molecule is Cc1nnc(SC(c2ccccc2)C(C)N)n1C. The molecule has 2 rings (SSSR count). The van der Waals surface area contributed by atoms with Gasteiger partial charge in [-0.05, 0) is 19.4 Å². The van der Waals surface area contributed by atoms with Crippen molar-refractivity contribution in [2.45, 2.75) is 30.3 Å². The van der Waals surface area contributed by atoms with Crippen LogP contribution in [0.2, 0.25) is 0 Å². The molecule has 0 amide bonds. The number of hydrogen-bond acceptors (Lipinski definition) is 4. The molecule has 2 N–H and O–H groups in total. The van der Waals surface area contributed by atoms with Crippen LogP contribution in [0.25, 0.3) is 0 Å². The van der Waals surface area contributed by atoms with Crippen molar-refractivity contribution >= 4 is 11.8 Å². The number of rotatable bonds is 4. The van der Waals surface area contributed by atoms with Gasteiger partial charge in [-0.1, -0.05) is 42.1 Å². The van der Waals surface area contributed by atoms with Gasteiger partial charge in [0.05, 0.1) is 5.25 Å². The van der Waals surface area contributed by atoms with Crippen LogP contribution in [0.3, 0.4) is 0 Å². The Morgan fingerprint density at radius 1 is 1.22 bits per heavy atom. The molecule has 0 radical (unpaired) electrons. The lowest BCUT2D eigenvalue weighted by molar-refractivity contribution is 0.707. The highest BCUT2D eigenvalue weighted by Gasteiger charge is 2.20. The van der Waals surface area contributed by atoms with E-state index in [1.54, 1.807) is 11.8 Å². The highest BCUT2D eigenvalue weighted by molar-refractivity contribution is 7.99. The highest BCUT2D eigenvalue weighted by Crippen LogP contribution is 2.35. The molecule has 1 aromatic carbocycles. The van der Waals surface area contributed by atoms with E-state index < -0.39 is 0 Å². The minimum absolute atomic E-state index is 0.0504. The van der Waals surface area contributed by atoms with E-state index in [4.69, 9.17) is 5.73 Å². The van der Waals surface area contributed by atoms with Gasteiger partial charge >= 0.3 is 0 Å². The summed E-state index contributed by atoms with van der Waals surface area (Å²) in [7, 11) is 1.97. The van der Waals surface area contributed by atoms with Gasteiger partial charge in [0.25, 0.3) is 0 Å². The van der Waals surface area contributed by atoms with Crippen LogP contribution >= 0.6 is 11.8 Å². The van der Waals surface area contributed by atoms with Crippen molar-refractivity contribution < 1.29 is 0 Å². The maximum absolute atomic E-state index is 6.10. The molecule has 0 saturated carbocycles. The fourth-order valence-electron chi connectivity index (χ4n) is 1.73. The van der Waals surface area contributed by atoms with Gasteiger partial charge in [0, 0.05) is 13.1 Å². The zero-order valence-corrected chi connectivity index (χ0v) is 11.7. The molecule has 0 aliphatic carbocycles. The standard InChI is InChI=1S/C13H18N4S/c1-9(14)12(11-7-5-4-6-8-11)18-13-16-15-10(2)17(13)3/h4-9,12H,14H2,1-3H3. The van der Waals surface area contributed by atoms with E-state index in [0.717, 1.165) is 11.0 Å². The van der Waals surface area contributed by atoms with Gasteiger partial charge in [-0.3, -0.25) is 0 Å². The maximum atomic E-state index is 6.10. The molecular formula is C13H18N4S. The van der Waals surface area contributed by atoms with Crippen LogP contribution in [0.5, 0.6) is 0 Å². The van der Waals surface area contributed by atoms with Crippen LogP contribution in [-0.2, 0) is 7.05 Å². The Labute approximate surface area is 112 Å². The third kappa shape index (κ3) is 2.73. The van der Waals surface area contributed by atoms with E-state index in [0.29, 0.717) is 0 Å². The molecule has 2 unspecified atom stereocenters. The molecule has 1 aromatic heterocycles. The van der Waals surface area contributed by atoms with Gasteiger partial charge in [0.1, 0.15) is 5.82 Å². The van der Waals surface area contributed by atoms with Crippen LogP contribution in [0.1, 0.15) is 23.6 Å². The number of aryl methyl sites for hydroxylation is 1. The summed E-state index contributed by atoms with van der Waals surface area (Å²) in [6, 6.07) is 10.3. The second-order valence-electron chi connectivity index (χ2n) is 4.40. The van der Waals surface area contributed by atoms with Gasteiger partial charge in [-0.15, -0.1) is 10.2 Å². The summed E-state index contributed by atoms with van der Waals surface area (Å²) in [5.41, 5.74) is 7.32. The molecule has 4 nitrogen and oxygen atoms in total. The Morgan fingerprint density at radius 2 is 1.89 bits per heavy atom. The number of thioether (sulfide) groups is 1. The Morgan fingerprint density at radius 3 is 2.39 bits per heavy atom. The number of nitrogens with zero attached hydrogens (tertiary/aromatic N) is 3. The first-order valence-corrected chi connectivity index (χ1v) is 6.80. The van der Waals surface area contributed by atoms with Gasteiger partial charge in [0.2, 0.25) is 0 Å². The molecule has 2 aromatic rings. The average Bonchev–Trinajstić information content (AvgIpc) is 2.68. The van der Waals surface area contributed by atoms with Crippen LogP contribution in [-0.4, -0.2) is 20.8 Å². The molecule has 0 spiro atoms. The normalized spacial score (nSPS) is 14.4. The molecule has 0 bridgehead atoms. The zero-order valence-electron chi connectivity index (χ0n) is 10.9. The second kappa shape index (κ2) is 5.54. The minimum atomic E-state index is 0.0504. The first-order chi connectivity index (χ1) is 8.59. The molecule has 0 saturated heterocycles. The summed E-state index contributed by atoms with van der Waals surface area (Å²) in [4.78, 5) is 0. The van der Waals surface area contributed by atoms with Crippen molar-refractivity contribution in [3.05, 3.63) is 41.7 Å². The summed E-state index contributed by atoms with van der Waals surface area (Å²) < 4.78 is 1.99. The van der Waals surface area contributed by atoms with E-state index in [1.807, 2.05) is 43.7 Å². The number of aromatic nitrogens is 3. The van der Waals surface area contributed by atoms with Crippen LogP contribution in [0.4, 0.5) is 0 Å². The summed E-state index contributed by atoms with van der Waals surface area (Å²) in [6.45, 7) is 3.97. The third-order valence-corrected chi connectivity index (χ3v) is 4.41. The maximum Gasteiger partial charge on any atom is 0.191 e. The second-order valence-corrected chi connectivity index (χ2v) is 5.51. The van der Waals surface area contributed by atoms with Crippen molar-refractivity contribution in [3.63, 3.8) is 0 Å². The minimum Gasteiger partial charge on any atom is -0.327 e. The molecule has 18 heavy (non-hydrogen) atoms. The fourth-order valence-corrected chi connectivity index (χ4v) is 2.84. The quantitative estimate of drug-likeness (QED) is 0.859. The van der Waals surface area contributed by atoms with Crippen LogP contribution in [0, 0.1) is 6.92 Å². The zero-order chi connectivity index (χ0) is 13.1. The highest BCUT2D eigenvalue weighted by atomic mass is 32.2. The van der Waals surface area contributed by atoms with Crippen LogP contribution < -0.4 is 5.73 Å².